The average molecular weight is 424 g/mol. The van der Waals surface area contributed by atoms with Gasteiger partial charge in [0.05, 0.1) is 19.3 Å². The minimum atomic E-state index is -0.171. The number of hydrogen-bond acceptors (Lipinski definition) is 4. The van der Waals surface area contributed by atoms with Gasteiger partial charge >= 0.3 is 6.03 Å². The zero-order valence-electron chi connectivity index (χ0n) is 18.1. The molecule has 6 heteroatoms. The van der Waals surface area contributed by atoms with Gasteiger partial charge in [0.1, 0.15) is 5.75 Å². The predicted octanol–water partition coefficient (Wildman–Crippen LogP) is 4.23. The van der Waals surface area contributed by atoms with Crippen LogP contribution in [0.3, 0.4) is 0 Å². The molecule has 0 spiro atoms. The molecule has 0 aromatic heterocycles. The van der Waals surface area contributed by atoms with Gasteiger partial charge in [-0.2, -0.15) is 0 Å². The minimum Gasteiger partial charge on any atom is -0.490 e. The fourth-order valence-electron chi connectivity index (χ4n) is 4.18. The summed E-state index contributed by atoms with van der Waals surface area (Å²) >= 11 is 0. The Hall–Kier alpha value is -2.73. The summed E-state index contributed by atoms with van der Waals surface area (Å²) in [6, 6.07) is 16.2. The van der Waals surface area contributed by atoms with Gasteiger partial charge in [0.25, 0.3) is 0 Å². The van der Waals surface area contributed by atoms with Crippen LogP contribution in [0.1, 0.15) is 43.2 Å². The van der Waals surface area contributed by atoms with Crippen molar-refractivity contribution in [2.45, 2.75) is 51.3 Å². The molecule has 2 N–H and O–H groups in total. The standard InChI is InChI=1S/C25H33N3O3/c29-25(26-18-20-9-11-22(12-10-20)28-13-15-30-16-14-28)27-19-21-5-4-8-24(17-21)31-23-6-2-1-3-7-23/h4-5,8-12,17,23H,1-3,6-7,13-16,18-19H2,(H2,26,27,29). The van der Waals surface area contributed by atoms with Crippen LogP contribution in [0.4, 0.5) is 10.5 Å². The molecule has 6 nitrogen and oxygen atoms in total. The zero-order valence-corrected chi connectivity index (χ0v) is 18.1. The van der Waals surface area contributed by atoms with Crippen LogP contribution in [0.5, 0.6) is 5.75 Å². The van der Waals surface area contributed by atoms with Gasteiger partial charge in [-0.05, 0) is 61.1 Å². The molecule has 0 unspecified atom stereocenters. The zero-order chi connectivity index (χ0) is 21.3. The third-order valence-electron chi connectivity index (χ3n) is 5.97. The Kier molecular flexibility index (Phi) is 7.66. The van der Waals surface area contributed by atoms with Crippen LogP contribution in [-0.4, -0.2) is 38.4 Å². The molecule has 31 heavy (non-hydrogen) atoms. The Balaban J connectivity index is 1.20. The summed E-state index contributed by atoms with van der Waals surface area (Å²) in [5.74, 6) is 0.895. The highest BCUT2D eigenvalue weighted by Crippen LogP contribution is 2.24. The first-order chi connectivity index (χ1) is 15.3. The summed E-state index contributed by atoms with van der Waals surface area (Å²) in [5, 5.41) is 5.87. The first kappa shape index (κ1) is 21.5. The van der Waals surface area contributed by atoms with Crippen LogP contribution in [0.2, 0.25) is 0 Å². The molecule has 2 fully saturated rings. The van der Waals surface area contributed by atoms with Gasteiger partial charge in [-0.3, -0.25) is 0 Å². The molecular weight excluding hydrogens is 390 g/mol. The molecule has 166 valence electrons. The van der Waals surface area contributed by atoms with Crippen molar-refractivity contribution >= 4 is 11.7 Å². The molecule has 1 heterocycles. The van der Waals surface area contributed by atoms with Crippen molar-refractivity contribution < 1.29 is 14.3 Å². The van der Waals surface area contributed by atoms with Crippen molar-refractivity contribution in [3.05, 3.63) is 59.7 Å². The van der Waals surface area contributed by atoms with E-state index in [1.165, 1.54) is 24.9 Å². The van der Waals surface area contributed by atoms with E-state index in [0.717, 1.165) is 56.0 Å². The van der Waals surface area contributed by atoms with E-state index >= 15 is 0 Å². The fraction of sp³-hybridized carbons (Fsp3) is 0.480. The van der Waals surface area contributed by atoms with E-state index < -0.39 is 0 Å². The van der Waals surface area contributed by atoms with E-state index in [2.05, 4.69) is 39.8 Å². The first-order valence-corrected chi connectivity index (χ1v) is 11.5. The van der Waals surface area contributed by atoms with Crippen LogP contribution in [0.15, 0.2) is 48.5 Å². The van der Waals surface area contributed by atoms with Gasteiger partial charge in [-0.1, -0.05) is 30.7 Å². The number of amides is 2. The van der Waals surface area contributed by atoms with Gasteiger partial charge in [-0.15, -0.1) is 0 Å². The van der Waals surface area contributed by atoms with Crippen LogP contribution in [0, 0.1) is 0 Å². The highest BCUT2D eigenvalue weighted by atomic mass is 16.5. The van der Waals surface area contributed by atoms with Gasteiger partial charge in [0.15, 0.2) is 0 Å². The number of rotatable bonds is 7. The number of carbonyl (C=O) groups is 1. The summed E-state index contributed by atoms with van der Waals surface area (Å²) < 4.78 is 11.5. The second kappa shape index (κ2) is 11.0. The van der Waals surface area contributed by atoms with Gasteiger partial charge in [0.2, 0.25) is 0 Å². The Bertz CT molecular complexity index is 828. The molecule has 1 aliphatic heterocycles. The highest BCUT2D eigenvalue weighted by Gasteiger charge is 2.15. The fourth-order valence-corrected chi connectivity index (χ4v) is 4.18. The maximum absolute atomic E-state index is 12.2. The molecule has 1 saturated carbocycles. The third kappa shape index (κ3) is 6.62. The van der Waals surface area contributed by atoms with Crippen molar-refractivity contribution in [1.82, 2.24) is 10.6 Å². The molecule has 0 radical (unpaired) electrons. The van der Waals surface area contributed by atoms with E-state index in [1.807, 2.05) is 24.3 Å². The van der Waals surface area contributed by atoms with Gasteiger partial charge < -0.3 is 25.0 Å². The number of hydrogen-bond donors (Lipinski definition) is 2. The molecule has 1 aliphatic carbocycles. The van der Waals surface area contributed by atoms with E-state index in [1.54, 1.807) is 0 Å². The summed E-state index contributed by atoms with van der Waals surface area (Å²) in [6.45, 7) is 4.38. The normalized spacial score (nSPS) is 17.2. The van der Waals surface area contributed by atoms with Crippen LogP contribution in [0.25, 0.3) is 0 Å². The summed E-state index contributed by atoms with van der Waals surface area (Å²) in [4.78, 5) is 14.5. The van der Waals surface area contributed by atoms with Crippen molar-refractivity contribution in [1.29, 1.82) is 0 Å². The molecule has 2 aliphatic rings. The monoisotopic (exact) mass is 423 g/mol. The predicted molar refractivity (Wildman–Crippen MR) is 122 cm³/mol. The smallest absolute Gasteiger partial charge is 0.315 e. The van der Waals surface area contributed by atoms with Gasteiger partial charge in [-0.25, -0.2) is 4.79 Å². The average Bonchev–Trinajstić information content (AvgIpc) is 2.83. The number of nitrogens with one attached hydrogen (secondary N) is 2. The highest BCUT2D eigenvalue weighted by molar-refractivity contribution is 5.73. The summed E-state index contributed by atoms with van der Waals surface area (Å²) in [5.41, 5.74) is 3.32. The topological polar surface area (TPSA) is 62.8 Å². The third-order valence-corrected chi connectivity index (χ3v) is 5.97. The first-order valence-electron chi connectivity index (χ1n) is 11.5. The lowest BCUT2D eigenvalue weighted by Crippen LogP contribution is -2.36. The Morgan fingerprint density at radius 2 is 1.65 bits per heavy atom. The Labute approximate surface area is 184 Å². The number of benzene rings is 2. The molecule has 4 rings (SSSR count). The molecule has 2 aromatic rings. The lowest BCUT2D eigenvalue weighted by Gasteiger charge is -2.28. The molecule has 0 atom stereocenters. The van der Waals surface area contributed by atoms with E-state index in [9.17, 15) is 4.79 Å². The van der Waals surface area contributed by atoms with E-state index in [-0.39, 0.29) is 6.03 Å². The minimum absolute atomic E-state index is 0.171. The van der Waals surface area contributed by atoms with Crippen LogP contribution >= 0.6 is 0 Å². The maximum Gasteiger partial charge on any atom is 0.315 e. The van der Waals surface area contributed by atoms with Crippen LogP contribution < -0.4 is 20.3 Å². The maximum atomic E-state index is 12.2. The molecule has 1 saturated heterocycles. The van der Waals surface area contributed by atoms with Gasteiger partial charge in [0, 0.05) is 31.9 Å². The largest absolute Gasteiger partial charge is 0.490 e. The Morgan fingerprint density at radius 3 is 2.39 bits per heavy atom. The van der Waals surface area contributed by atoms with Crippen molar-refractivity contribution in [2.24, 2.45) is 0 Å². The van der Waals surface area contributed by atoms with E-state index in [4.69, 9.17) is 9.47 Å². The number of carbonyl (C=O) groups excluding carboxylic acids is 1. The summed E-state index contributed by atoms with van der Waals surface area (Å²) in [7, 11) is 0. The van der Waals surface area contributed by atoms with Crippen molar-refractivity contribution in [2.75, 3.05) is 31.2 Å². The van der Waals surface area contributed by atoms with Crippen LogP contribution in [-0.2, 0) is 17.8 Å². The molecule has 2 aromatic carbocycles. The number of urea groups is 1. The lowest BCUT2D eigenvalue weighted by atomic mass is 9.98. The SMILES string of the molecule is O=C(NCc1ccc(N2CCOCC2)cc1)NCc1cccc(OC2CCCCC2)c1. The number of nitrogens with zero attached hydrogens (tertiary/aromatic N) is 1. The Morgan fingerprint density at radius 1 is 0.935 bits per heavy atom. The second-order valence-electron chi connectivity index (χ2n) is 8.33. The summed E-state index contributed by atoms with van der Waals surface area (Å²) in [6.07, 6.45) is 6.42. The quantitative estimate of drug-likeness (QED) is 0.699. The molecule has 0 bridgehead atoms. The van der Waals surface area contributed by atoms with Crippen molar-refractivity contribution in [3.63, 3.8) is 0 Å². The van der Waals surface area contributed by atoms with Crippen molar-refractivity contribution in [3.8, 4) is 5.75 Å². The second-order valence-corrected chi connectivity index (χ2v) is 8.33. The lowest BCUT2D eigenvalue weighted by molar-refractivity contribution is 0.122. The number of anilines is 1. The molecule has 2 amide bonds. The number of ether oxygens (including phenoxy) is 2. The molecular formula is C25H33N3O3. The number of morpholine rings is 1. The van der Waals surface area contributed by atoms with E-state index in [0.29, 0.717) is 19.2 Å².